The number of anilines is 1. The molecule has 7 nitrogen and oxygen atoms in total. The third-order valence-corrected chi connectivity index (χ3v) is 4.93. The van der Waals surface area contributed by atoms with Crippen molar-refractivity contribution in [1.82, 2.24) is 15.1 Å². The first-order valence-electron chi connectivity index (χ1n) is 9.70. The van der Waals surface area contributed by atoms with Gasteiger partial charge >= 0.3 is 6.18 Å². The van der Waals surface area contributed by atoms with Crippen molar-refractivity contribution < 1.29 is 27.5 Å². The fraction of sp³-hybridized carbons (Fsp3) is 0.450. The van der Waals surface area contributed by atoms with Crippen molar-refractivity contribution in [3.05, 3.63) is 42.2 Å². The topological polar surface area (TPSA) is 76.5 Å². The molecule has 0 saturated heterocycles. The molecule has 0 bridgehead atoms. The molecule has 3 rings (SSSR count). The Morgan fingerprint density at radius 2 is 1.93 bits per heavy atom. The van der Waals surface area contributed by atoms with Crippen molar-refractivity contribution >= 4 is 17.5 Å². The average Bonchev–Trinajstić information content (AvgIpc) is 3.20. The number of hydrogen-bond acceptors (Lipinski definition) is 4. The Bertz CT molecular complexity index is 909. The number of para-hydroxylation sites is 2. The van der Waals surface area contributed by atoms with Crippen molar-refractivity contribution in [3.8, 4) is 5.75 Å². The van der Waals surface area contributed by atoms with E-state index in [4.69, 9.17) is 4.74 Å². The van der Waals surface area contributed by atoms with Crippen molar-refractivity contribution in [2.45, 2.75) is 51.6 Å². The van der Waals surface area contributed by atoms with Crippen LogP contribution in [0.1, 0.15) is 32.4 Å². The van der Waals surface area contributed by atoms with Crippen molar-refractivity contribution in [1.29, 1.82) is 0 Å². The van der Waals surface area contributed by atoms with Gasteiger partial charge in [0.05, 0.1) is 12.2 Å². The standard InChI is InChI=1S/C20H23F3N4O3/c1-3-13(4-2)24-19(29)16-11-27(14-7-5-6-8-15(14)30-16)18(28)12-26-10-9-17(25-26)20(21,22)23/h5-10,13,16H,3-4,11-12H2,1-2H3,(H,24,29). The van der Waals surface area contributed by atoms with Gasteiger partial charge in [-0.3, -0.25) is 14.3 Å². The van der Waals surface area contributed by atoms with Gasteiger partial charge in [0.2, 0.25) is 5.91 Å². The Balaban J connectivity index is 1.79. The van der Waals surface area contributed by atoms with Gasteiger partial charge in [0.15, 0.2) is 11.8 Å². The van der Waals surface area contributed by atoms with E-state index < -0.39 is 30.4 Å². The van der Waals surface area contributed by atoms with Gasteiger partial charge in [0.25, 0.3) is 5.91 Å². The maximum atomic E-state index is 12.9. The van der Waals surface area contributed by atoms with Gasteiger partial charge in [0.1, 0.15) is 12.3 Å². The highest BCUT2D eigenvalue weighted by atomic mass is 19.4. The highest BCUT2D eigenvalue weighted by Gasteiger charge is 2.36. The number of amides is 2. The Morgan fingerprint density at radius 1 is 1.23 bits per heavy atom. The largest absolute Gasteiger partial charge is 0.477 e. The summed E-state index contributed by atoms with van der Waals surface area (Å²) in [4.78, 5) is 26.9. The zero-order valence-corrected chi connectivity index (χ0v) is 16.6. The maximum Gasteiger partial charge on any atom is 0.435 e. The van der Waals surface area contributed by atoms with Gasteiger partial charge in [-0.1, -0.05) is 26.0 Å². The number of rotatable bonds is 6. The summed E-state index contributed by atoms with van der Waals surface area (Å²) >= 11 is 0. The molecule has 10 heteroatoms. The van der Waals surface area contributed by atoms with Gasteiger partial charge in [-0.2, -0.15) is 18.3 Å². The zero-order valence-electron chi connectivity index (χ0n) is 16.6. The van der Waals surface area contributed by atoms with Crippen molar-refractivity contribution in [3.63, 3.8) is 0 Å². The van der Waals surface area contributed by atoms with E-state index in [0.717, 1.165) is 29.8 Å². The summed E-state index contributed by atoms with van der Waals surface area (Å²) < 4.78 is 45.0. The first-order chi connectivity index (χ1) is 14.2. The van der Waals surface area contributed by atoms with E-state index in [9.17, 15) is 22.8 Å². The van der Waals surface area contributed by atoms with E-state index in [0.29, 0.717) is 11.4 Å². The number of aromatic nitrogens is 2. The molecule has 2 heterocycles. The molecule has 1 N–H and O–H groups in total. The van der Waals surface area contributed by atoms with E-state index in [-0.39, 0.29) is 18.5 Å². The number of hydrogen-bond donors (Lipinski definition) is 1. The number of nitrogens with zero attached hydrogens (tertiary/aromatic N) is 3. The quantitative estimate of drug-likeness (QED) is 0.774. The second-order valence-electron chi connectivity index (χ2n) is 7.00. The second-order valence-corrected chi connectivity index (χ2v) is 7.00. The number of halogens is 3. The molecule has 0 aliphatic carbocycles. The first-order valence-corrected chi connectivity index (χ1v) is 9.70. The molecule has 1 aliphatic rings. The minimum absolute atomic E-state index is 0.00714. The van der Waals surface area contributed by atoms with E-state index in [1.165, 1.54) is 4.90 Å². The fourth-order valence-electron chi connectivity index (χ4n) is 3.22. The van der Waals surface area contributed by atoms with Crippen LogP contribution < -0.4 is 15.0 Å². The molecule has 1 aromatic carbocycles. The van der Waals surface area contributed by atoms with Crippen LogP contribution in [0.4, 0.5) is 18.9 Å². The molecule has 2 aromatic rings. The lowest BCUT2D eigenvalue weighted by Crippen LogP contribution is -2.53. The van der Waals surface area contributed by atoms with E-state index >= 15 is 0 Å². The highest BCUT2D eigenvalue weighted by Crippen LogP contribution is 2.33. The summed E-state index contributed by atoms with van der Waals surface area (Å²) in [7, 11) is 0. The Hall–Kier alpha value is -3.04. The lowest BCUT2D eigenvalue weighted by Gasteiger charge is -2.34. The predicted octanol–water partition coefficient (Wildman–Crippen LogP) is 3.00. The fourth-order valence-corrected chi connectivity index (χ4v) is 3.22. The smallest absolute Gasteiger partial charge is 0.435 e. The minimum Gasteiger partial charge on any atom is -0.477 e. The van der Waals surface area contributed by atoms with Crippen molar-refractivity contribution in [2.75, 3.05) is 11.4 Å². The highest BCUT2D eigenvalue weighted by molar-refractivity contribution is 5.97. The molecule has 0 spiro atoms. The van der Waals surface area contributed by atoms with E-state index in [1.807, 2.05) is 13.8 Å². The molecule has 0 fully saturated rings. The summed E-state index contributed by atoms with van der Waals surface area (Å²) in [5.41, 5.74) is -0.614. The first kappa shape index (κ1) is 21.7. The SMILES string of the molecule is CCC(CC)NC(=O)C1CN(C(=O)Cn2ccc(C(F)(F)F)n2)c2ccccc2O1. The minimum atomic E-state index is -4.59. The molecule has 0 radical (unpaired) electrons. The number of nitrogens with one attached hydrogen (secondary N) is 1. The summed E-state index contributed by atoms with van der Waals surface area (Å²) in [5, 5.41) is 6.32. The van der Waals surface area contributed by atoms with Crippen LogP contribution in [0.5, 0.6) is 5.75 Å². The van der Waals surface area contributed by atoms with Crippen LogP contribution in [0, 0.1) is 0 Å². The van der Waals surface area contributed by atoms with Crippen LogP contribution in [0.2, 0.25) is 0 Å². The predicted molar refractivity (Wildman–Crippen MR) is 103 cm³/mol. The van der Waals surface area contributed by atoms with E-state index in [2.05, 4.69) is 10.4 Å². The molecule has 1 aromatic heterocycles. The van der Waals surface area contributed by atoms with E-state index in [1.54, 1.807) is 24.3 Å². The number of fused-ring (bicyclic) bond motifs is 1. The van der Waals surface area contributed by atoms with Crippen LogP contribution in [0.3, 0.4) is 0 Å². The van der Waals surface area contributed by atoms with Crippen LogP contribution in [0.15, 0.2) is 36.5 Å². The van der Waals surface area contributed by atoms with Crippen LogP contribution >= 0.6 is 0 Å². The Labute approximate surface area is 171 Å². The summed E-state index contributed by atoms with van der Waals surface area (Å²) in [6, 6.07) is 7.53. The molecule has 0 saturated carbocycles. The van der Waals surface area contributed by atoms with Gasteiger partial charge in [-0.05, 0) is 31.0 Å². The van der Waals surface area contributed by atoms with Crippen molar-refractivity contribution in [2.24, 2.45) is 0 Å². The Kier molecular flexibility index (Phi) is 6.33. The maximum absolute atomic E-state index is 12.9. The number of ether oxygens (including phenoxy) is 1. The number of benzene rings is 1. The normalized spacial score (nSPS) is 16.2. The van der Waals surface area contributed by atoms with Crippen LogP contribution in [-0.4, -0.2) is 40.3 Å². The summed E-state index contributed by atoms with van der Waals surface area (Å²) in [6.07, 6.45) is -2.89. The zero-order chi connectivity index (χ0) is 21.9. The van der Waals surface area contributed by atoms with Crippen LogP contribution in [0.25, 0.3) is 0 Å². The third kappa shape index (κ3) is 4.74. The number of alkyl halides is 3. The third-order valence-electron chi connectivity index (χ3n) is 4.93. The molecule has 1 unspecified atom stereocenters. The van der Waals surface area contributed by atoms with Gasteiger partial charge < -0.3 is 15.0 Å². The van der Waals surface area contributed by atoms with Gasteiger partial charge in [0, 0.05) is 12.2 Å². The molecule has 1 aliphatic heterocycles. The monoisotopic (exact) mass is 424 g/mol. The molecular weight excluding hydrogens is 401 g/mol. The molecule has 2 amide bonds. The number of carbonyl (C=O) groups excluding carboxylic acids is 2. The lowest BCUT2D eigenvalue weighted by molar-refractivity contribution is -0.141. The molecule has 30 heavy (non-hydrogen) atoms. The van der Waals surface area contributed by atoms with Gasteiger partial charge in [-0.15, -0.1) is 0 Å². The van der Waals surface area contributed by atoms with Crippen LogP contribution in [-0.2, 0) is 22.3 Å². The molecular formula is C20H23F3N4O3. The molecule has 162 valence electrons. The lowest BCUT2D eigenvalue weighted by atomic mass is 10.1. The summed E-state index contributed by atoms with van der Waals surface area (Å²) in [5.74, 6) is -0.476. The number of carbonyl (C=O) groups is 2. The summed E-state index contributed by atoms with van der Waals surface area (Å²) in [6.45, 7) is 3.47. The Morgan fingerprint density at radius 3 is 2.57 bits per heavy atom. The second kappa shape index (κ2) is 8.76. The average molecular weight is 424 g/mol. The molecule has 1 atom stereocenters. The van der Waals surface area contributed by atoms with Gasteiger partial charge in [-0.25, -0.2) is 0 Å².